The number of ether oxygens (including phenoxy) is 2. The second-order valence-electron chi connectivity index (χ2n) is 4.42. The third-order valence-corrected chi connectivity index (χ3v) is 2.29. The van der Waals surface area contributed by atoms with Crippen molar-refractivity contribution in [2.75, 3.05) is 6.61 Å². The van der Waals surface area contributed by atoms with Gasteiger partial charge in [-0.2, -0.15) is 0 Å². The van der Waals surface area contributed by atoms with Gasteiger partial charge in [-0.15, -0.1) is 0 Å². The van der Waals surface area contributed by atoms with E-state index in [9.17, 15) is 14.7 Å². The molecule has 0 bridgehead atoms. The molecule has 7 heteroatoms. The van der Waals surface area contributed by atoms with Gasteiger partial charge in [-0.05, 0) is 19.9 Å². The number of carbonyl (C=O) groups is 2. The van der Waals surface area contributed by atoms with Gasteiger partial charge in [0.05, 0.1) is 6.61 Å². The Labute approximate surface area is 104 Å². The molecule has 1 heterocycles. The van der Waals surface area contributed by atoms with Crippen LogP contribution >= 0.6 is 0 Å². The van der Waals surface area contributed by atoms with E-state index < -0.39 is 29.9 Å². The van der Waals surface area contributed by atoms with E-state index in [-0.39, 0.29) is 12.3 Å². The van der Waals surface area contributed by atoms with Gasteiger partial charge in [-0.25, -0.2) is 4.79 Å². The lowest BCUT2D eigenvalue weighted by molar-refractivity contribution is -0.147. The summed E-state index contributed by atoms with van der Waals surface area (Å²) in [6.07, 6.45) is -0.813. The van der Waals surface area contributed by atoms with E-state index in [1.54, 1.807) is 13.8 Å². The molecule has 1 amide bonds. The Kier molecular flexibility index (Phi) is 4.44. The number of rotatable bonds is 4. The number of carbonyl (C=O) groups excluding carboxylic acids is 1. The lowest BCUT2D eigenvalue weighted by atomic mass is 10.2. The van der Waals surface area contributed by atoms with Crippen LogP contribution < -0.4 is 5.32 Å². The molecule has 1 fully saturated rings. The van der Waals surface area contributed by atoms with Gasteiger partial charge in [0.25, 0.3) is 0 Å². The summed E-state index contributed by atoms with van der Waals surface area (Å²) in [4.78, 5) is 21.7. The Morgan fingerprint density at radius 1 is 1.50 bits per heavy atom. The van der Waals surface area contributed by atoms with Gasteiger partial charge in [0.15, 0.2) is 5.79 Å². The molecule has 0 radical (unpaired) electrons. The minimum absolute atomic E-state index is 0.150. The molecule has 0 aromatic rings. The first-order chi connectivity index (χ1) is 8.21. The molecule has 1 rings (SSSR count). The van der Waals surface area contributed by atoms with Gasteiger partial charge < -0.3 is 25.0 Å². The highest BCUT2D eigenvalue weighted by molar-refractivity contribution is 5.91. The zero-order valence-corrected chi connectivity index (χ0v) is 10.5. The zero-order chi connectivity index (χ0) is 13.9. The first-order valence-corrected chi connectivity index (χ1v) is 5.44. The average Bonchev–Trinajstić information content (AvgIpc) is 2.57. The summed E-state index contributed by atoms with van der Waals surface area (Å²) in [7, 11) is 0. The largest absolute Gasteiger partial charge is 0.477 e. The standard InChI is InChI=1S/C11H17NO6/c1-6(13)12-7(10(15)16)4-8(14)9-5-17-11(2,3)18-9/h4,8-9,14H,5H2,1-3H3,(H,12,13)(H,15,16)/b7-4-/t8-,9+/m0/s1. The van der Waals surface area contributed by atoms with E-state index in [0.29, 0.717) is 0 Å². The van der Waals surface area contributed by atoms with Crippen molar-refractivity contribution in [2.45, 2.75) is 38.8 Å². The van der Waals surface area contributed by atoms with Crippen molar-refractivity contribution < 1.29 is 29.3 Å². The molecule has 102 valence electrons. The van der Waals surface area contributed by atoms with Gasteiger partial charge >= 0.3 is 5.97 Å². The number of carboxylic acid groups (broad SMARTS) is 1. The highest BCUT2D eigenvalue weighted by atomic mass is 16.7. The molecular formula is C11H17NO6. The molecule has 18 heavy (non-hydrogen) atoms. The maximum absolute atomic E-state index is 10.8. The predicted octanol–water partition coefficient (Wildman–Crippen LogP) is -0.397. The summed E-state index contributed by atoms with van der Waals surface area (Å²) in [5.41, 5.74) is -0.386. The maximum atomic E-state index is 10.8. The van der Waals surface area contributed by atoms with Crippen LogP contribution in [0.3, 0.4) is 0 Å². The highest BCUT2D eigenvalue weighted by Crippen LogP contribution is 2.24. The number of carboxylic acids is 1. The minimum atomic E-state index is -1.33. The lowest BCUT2D eigenvalue weighted by Gasteiger charge is -2.19. The van der Waals surface area contributed by atoms with Gasteiger partial charge in [-0.3, -0.25) is 4.79 Å². The van der Waals surface area contributed by atoms with Crippen LogP contribution in [0.15, 0.2) is 11.8 Å². The van der Waals surface area contributed by atoms with E-state index in [4.69, 9.17) is 14.6 Å². The van der Waals surface area contributed by atoms with Crippen molar-refractivity contribution in [1.82, 2.24) is 5.32 Å². The minimum Gasteiger partial charge on any atom is -0.477 e. The van der Waals surface area contributed by atoms with Crippen LogP contribution in [0, 0.1) is 0 Å². The molecule has 1 saturated heterocycles. The van der Waals surface area contributed by atoms with E-state index >= 15 is 0 Å². The quantitative estimate of drug-likeness (QED) is 0.593. The van der Waals surface area contributed by atoms with Crippen molar-refractivity contribution in [3.8, 4) is 0 Å². The van der Waals surface area contributed by atoms with E-state index in [1.165, 1.54) is 6.92 Å². The summed E-state index contributed by atoms with van der Waals surface area (Å²) in [6.45, 7) is 4.71. The number of aliphatic carboxylic acids is 1. The lowest BCUT2D eigenvalue weighted by Crippen LogP contribution is -2.32. The number of nitrogens with one attached hydrogen (secondary N) is 1. The van der Waals surface area contributed by atoms with Crippen molar-refractivity contribution in [3.05, 3.63) is 11.8 Å². The number of hydrogen-bond donors (Lipinski definition) is 3. The Balaban J connectivity index is 2.73. The number of hydrogen-bond acceptors (Lipinski definition) is 5. The van der Waals surface area contributed by atoms with Crippen LogP contribution in [0.4, 0.5) is 0 Å². The SMILES string of the molecule is CC(=O)N/C(=C\[C@H](O)[C@H]1COC(C)(C)O1)C(=O)O. The van der Waals surface area contributed by atoms with Crippen LogP contribution in [-0.4, -0.2) is 46.7 Å². The van der Waals surface area contributed by atoms with Crippen LogP contribution in [0.25, 0.3) is 0 Å². The molecular weight excluding hydrogens is 242 g/mol. The molecule has 0 spiro atoms. The maximum Gasteiger partial charge on any atom is 0.352 e. The van der Waals surface area contributed by atoms with Gasteiger partial charge in [-0.1, -0.05) is 0 Å². The van der Waals surface area contributed by atoms with E-state index in [2.05, 4.69) is 5.32 Å². The first-order valence-electron chi connectivity index (χ1n) is 5.44. The Morgan fingerprint density at radius 3 is 2.50 bits per heavy atom. The van der Waals surface area contributed by atoms with E-state index in [1.807, 2.05) is 0 Å². The van der Waals surface area contributed by atoms with Gasteiger partial charge in [0, 0.05) is 6.92 Å². The normalized spacial score (nSPS) is 24.7. The number of aliphatic hydroxyl groups is 1. The molecule has 0 unspecified atom stereocenters. The third kappa shape index (κ3) is 4.10. The Morgan fingerprint density at radius 2 is 2.11 bits per heavy atom. The molecule has 7 nitrogen and oxygen atoms in total. The van der Waals surface area contributed by atoms with Crippen molar-refractivity contribution in [3.63, 3.8) is 0 Å². The smallest absolute Gasteiger partial charge is 0.352 e. The molecule has 0 aromatic carbocycles. The van der Waals surface area contributed by atoms with Crippen molar-refractivity contribution >= 4 is 11.9 Å². The second kappa shape index (κ2) is 5.47. The summed E-state index contributed by atoms with van der Waals surface area (Å²) in [6, 6.07) is 0. The summed E-state index contributed by atoms with van der Waals surface area (Å²) in [5.74, 6) is -2.67. The molecule has 1 aliphatic heterocycles. The van der Waals surface area contributed by atoms with Gasteiger partial charge in [0.1, 0.15) is 17.9 Å². The molecule has 0 aliphatic carbocycles. The van der Waals surface area contributed by atoms with Crippen LogP contribution in [0.1, 0.15) is 20.8 Å². The number of amides is 1. The molecule has 0 saturated carbocycles. The molecule has 3 N–H and O–H groups in total. The molecule has 1 aliphatic rings. The number of aliphatic hydroxyl groups excluding tert-OH is 1. The van der Waals surface area contributed by atoms with Crippen LogP contribution in [0.2, 0.25) is 0 Å². The highest BCUT2D eigenvalue weighted by Gasteiger charge is 2.36. The summed E-state index contributed by atoms with van der Waals surface area (Å²) >= 11 is 0. The van der Waals surface area contributed by atoms with Crippen LogP contribution in [0.5, 0.6) is 0 Å². The van der Waals surface area contributed by atoms with Crippen LogP contribution in [-0.2, 0) is 19.1 Å². The Hall–Kier alpha value is -1.44. The summed E-state index contributed by atoms with van der Waals surface area (Å²) < 4.78 is 10.6. The topological polar surface area (TPSA) is 105 Å². The summed E-state index contributed by atoms with van der Waals surface area (Å²) in [5, 5.41) is 20.8. The fourth-order valence-electron chi connectivity index (χ4n) is 1.52. The van der Waals surface area contributed by atoms with Crippen molar-refractivity contribution in [1.29, 1.82) is 0 Å². The Bertz CT molecular complexity index is 376. The monoisotopic (exact) mass is 259 g/mol. The molecule has 0 aromatic heterocycles. The van der Waals surface area contributed by atoms with Crippen molar-refractivity contribution in [2.24, 2.45) is 0 Å². The first kappa shape index (κ1) is 14.6. The van der Waals surface area contributed by atoms with Gasteiger partial charge in [0.2, 0.25) is 5.91 Å². The fourth-order valence-corrected chi connectivity index (χ4v) is 1.52. The fraction of sp³-hybridized carbons (Fsp3) is 0.636. The second-order valence-corrected chi connectivity index (χ2v) is 4.42. The third-order valence-electron chi connectivity index (χ3n) is 2.29. The average molecular weight is 259 g/mol. The zero-order valence-electron chi connectivity index (χ0n) is 10.5. The predicted molar refractivity (Wildman–Crippen MR) is 60.4 cm³/mol. The molecule has 2 atom stereocenters. The van der Waals surface area contributed by atoms with E-state index in [0.717, 1.165) is 6.08 Å².